The maximum absolute atomic E-state index is 13.5. The second-order valence-electron chi connectivity index (χ2n) is 8.61. The van der Waals surface area contributed by atoms with Crippen molar-refractivity contribution in [1.29, 1.82) is 0 Å². The number of nitroso groups, excluding NO2 is 1. The predicted octanol–water partition coefficient (Wildman–Crippen LogP) is 2.80. The fraction of sp³-hybridized carbons (Fsp3) is 0.333. The minimum absolute atomic E-state index is 0.0320. The van der Waals surface area contributed by atoms with Crippen molar-refractivity contribution in [3.8, 4) is 5.75 Å². The average Bonchev–Trinajstić information content (AvgIpc) is 2.82. The first-order chi connectivity index (χ1) is 17.0. The number of carbonyl (C=O) groups excluding carboxylic acids is 1. The van der Waals surface area contributed by atoms with Crippen LogP contribution in [0.25, 0.3) is 0 Å². The monoisotopic (exact) mass is 514 g/mol. The summed E-state index contributed by atoms with van der Waals surface area (Å²) in [6.07, 6.45) is -0.529. The van der Waals surface area contributed by atoms with Gasteiger partial charge in [0.2, 0.25) is 5.62 Å². The SMILES string of the molecule is Cc1ccc(Cn2c(=Nc3ccc(OC(C)C)c(Cl)c3)n(N)c(=O)n([C@@H](C)CC(=O)N=O)c2=O)cc1. The number of nitrogens with zero attached hydrogens (tertiary/aromatic N) is 5. The van der Waals surface area contributed by atoms with Crippen LogP contribution in [-0.4, -0.2) is 25.8 Å². The number of hydrogen-bond donors (Lipinski definition) is 1. The highest BCUT2D eigenvalue weighted by atomic mass is 35.5. The highest BCUT2D eigenvalue weighted by molar-refractivity contribution is 6.32. The van der Waals surface area contributed by atoms with Gasteiger partial charge in [-0.1, -0.05) is 41.4 Å². The Labute approximate surface area is 211 Å². The Hall–Kier alpha value is -3.99. The zero-order chi connectivity index (χ0) is 26.6. The van der Waals surface area contributed by atoms with Crippen LogP contribution in [0, 0.1) is 11.8 Å². The van der Waals surface area contributed by atoms with Gasteiger partial charge in [0, 0.05) is 11.2 Å². The van der Waals surface area contributed by atoms with Crippen LogP contribution in [0.15, 0.2) is 62.2 Å². The minimum atomic E-state index is -0.991. The Bertz CT molecular complexity index is 1470. The first kappa shape index (κ1) is 26.6. The number of nitrogen functional groups attached to an aromatic ring is 1. The molecule has 3 aromatic rings. The number of hydrogen-bond acceptors (Lipinski definition) is 7. The molecule has 1 atom stereocenters. The summed E-state index contributed by atoms with van der Waals surface area (Å²) in [5.74, 6) is 5.58. The van der Waals surface area contributed by atoms with Gasteiger partial charge < -0.3 is 10.6 Å². The van der Waals surface area contributed by atoms with E-state index in [9.17, 15) is 19.3 Å². The highest BCUT2D eigenvalue weighted by Gasteiger charge is 2.20. The molecule has 0 saturated carbocycles. The largest absolute Gasteiger partial charge is 0.489 e. The van der Waals surface area contributed by atoms with Crippen LogP contribution in [0.4, 0.5) is 5.69 Å². The van der Waals surface area contributed by atoms with E-state index < -0.39 is 29.7 Å². The molecule has 11 nitrogen and oxygen atoms in total. The zero-order valence-electron chi connectivity index (χ0n) is 20.3. The number of amides is 1. The summed E-state index contributed by atoms with van der Waals surface area (Å²) < 4.78 is 8.38. The third-order valence-corrected chi connectivity index (χ3v) is 5.58. The van der Waals surface area contributed by atoms with Crippen LogP contribution in [0.5, 0.6) is 5.75 Å². The second-order valence-corrected chi connectivity index (χ2v) is 9.02. The van der Waals surface area contributed by atoms with Crippen LogP contribution >= 0.6 is 11.6 Å². The molecule has 190 valence electrons. The molecule has 1 heterocycles. The van der Waals surface area contributed by atoms with Gasteiger partial charge in [-0.25, -0.2) is 19.1 Å². The molecular formula is C24H27ClN6O5. The maximum atomic E-state index is 13.5. The van der Waals surface area contributed by atoms with Gasteiger partial charge in [0.1, 0.15) is 5.75 Å². The number of halogens is 1. The van der Waals surface area contributed by atoms with Gasteiger partial charge in [-0.3, -0.25) is 9.36 Å². The molecule has 0 aliphatic carbocycles. The Morgan fingerprint density at radius 2 is 1.75 bits per heavy atom. The van der Waals surface area contributed by atoms with Crippen LogP contribution in [0.1, 0.15) is 44.4 Å². The molecule has 1 amide bonds. The molecule has 1 aromatic heterocycles. The number of nitrogens with two attached hydrogens (primary N) is 1. The minimum Gasteiger partial charge on any atom is -0.489 e. The molecular weight excluding hydrogens is 488 g/mol. The van der Waals surface area contributed by atoms with Gasteiger partial charge in [0.25, 0.3) is 5.91 Å². The summed E-state index contributed by atoms with van der Waals surface area (Å²) in [6, 6.07) is 11.2. The fourth-order valence-corrected chi connectivity index (χ4v) is 3.76. The lowest BCUT2D eigenvalue weighted by Crippen LogP contribution is -2.58. The lowest BCUT2D eigenvalue weighted by Gasteiger charge is -2.17. The molecule has 3 rings (SSSR count). The van der Waals surface area contributed by atoms with Gasteiger partial charge in [-0.05, 0) is 51.5 Å². The highest BCUT2D eigenvalue weighted by Crippen LogP contribution is 2.29. The van der Waals surface area contributed by atoms with E-state index in [1.165, 1.54) is 17.6 Å². The molecule has 0 spiro atoms. The Kier molecular flexibility index (Phi) is 8.25. The Balaban J connectivity index is 2.25. The summed E-state index contributed by atoms with van der Waals surface area (Å²) in [7, 11) is 0. The van der Waals surface area contributed by atoms with Crippen molar-refractivity contribution in [1.82, 2.24) is 13.8 Å². The topological polar surface area (TPSA) is 143 Å². The fourth-order valence-electron chi connectivity index (χ4n) is 3.54. The molecule has 12 heteroatoms. The lowest BCUT2D eigenvalue weighted by atomic mass is 10.1. The molecule has 0 unspecified atom stereocenters. The third kappa shape index (κ3) is 5.98. The van der Waals surface area contributed by atoms with Gasteiger partial charge in [-0.2, -0.15) is 4.68 Å². The third-order valence-electron chi connectivity index (χ3n) is 5.29. The van der Waals surface area contributed by atoms with E-state index in [4.69, 9.17) is 22.2 Å². The van der Waals surface area contributed by atoms with Crippen molar-refractivity contribution in [2.75, 3.05) is 5.84 Å². The van der Waals surface area contributed by atoms with Gasteiger partial charge in [0.05, 0.1) is 29.8 Å². The van der Waals surface area contributed by atoms with Crippen LogP contribution in [0.2, 0.25) is 5.02 Å². The second kappa shape index (κ2) is 11.2. The molecule has 0 aliphatic heterocycles. The van der Waals surface area contributed by atoms with Crippen molar-refractivity contribution in [2.24, 2.45) is 10.2 Å². The first-order valence-corrected chi connectivity index (χ1v) is 11.6. The summed E-state index contributed by atoms with van der Waals surface area (Å²) in [5, 5.41) is 2.64. The van der Waals surface area contributed by atoms with Gasteiger partial charge >= 0.3 is 11.4 Å². The van der Waals surface area contributed by atoms with E-state index >= 15 is 0 Å². The Morgan fingerprint density at radius 1 is 1.08 bits per heavy atom. The molecule has 0 saturated heterocycles. The molecule has 0 aliphatic rings. The molecule has 0 fully saturated rings. The van der Waals surface area contributed by atoms with E-state index in [0.717, 1.165) is 20.4 Å². The number of benzene rings is 2. The zero-order valence-corrected chi connectivity index (χ0v) is 21.1. The number of aromatic nitrogens is 3. The quantitative estimate of drug-likeness (QED) is 0.361. The molecule has 0 radical (unpaired) electrons. The standard InChI is InChI=1S/C24H27ClN6O5/c1-14(2)36-20-10-9-18(12-19(20)25)27-22-29(13-17-7-5-15(3)6-8-17)23(33)30(24(34)31(22)26)16(4)11-21(32)28-35/h5-10,12,14,16H,11,13,26H2,1-4H3/t16-/m0/s1. The van der Waals surface area contributed by atoms with E-state index in [1.807, 2.05) is 45.0 Å². The van der Waals surface area contributed by atoms with Gasteiger partial charge in [0.15, 0.2) is 0 Å². The van der Waals surface area contributed by atoms with E-state index in [-0.39, 0.29) is 18.3 Å². The average molecular weight is 515 g/mol. The number of carbonyl (C=O) groups is 1. The molecule has 36 heavy (non-hydrogen) atoms. The first-order valence-electron chi connectivity index (χ1n) is 11.2. The maximum Gasteiger partial charge on any atom is 0.354 e. The van der Waals surface area contributed by atoms with Crippen molar-refractivity contribution < 1.29 is 9.53 Å². The van der Waals surface area contributed by atoms with Crippen molar-refractivity contribution in [3.05, 3.63) is 90.1 Å². The van der Waals surface area contributed by atoms with Crippen molar-refractivity contribution >= 4 is 23.2 Å². The van der Waals surface area contributed by atoms with E-state index in [2.05, 4.69) is 10.2 Å². The van der Waals surface area contributed by atoms with E-state index in [0.29, 0.717) is 16.5 Å². The summed E-state index contributed by atoms with van der Waals surface area (Å²) in [4.78, 5) is 53.2. The number of aryl methyl sites for hydroxylation is 1. The Morgan fingerprint density at radius 3 is 2.33 bits per heavy atom. The van der Waals surface area contributed by atoms with Crippen molar-refractivity contribution in [2.45, 2.75) is 52.8 Å². The lowest BCUT2D eigenvalue weighted by molar-refractivity contribution is -0.118. The number of ether oxygens (including phenoxy) is 1. The summed E-state index contributed by atoms with van der Waals surface area (Å²) in [5.41, 5.74) is 0.317. The molecule has 0 bridgehead atoms. The molecule has 2 aromatic carbocycles. The van der Waals surface area contributed by atoms with Crippen LogP contribution in [0.3, 0.4) is 0 Å². The molecule has 2 N–H and O–H groups in total. The van der Waals surface area contributed by atoms with E-state index in [1.54, 1.807) is 12.1 Å². The smallest absolute Gasteiger partial charge is 0.354 e. The summed E-state index contributed by atoms with van der Waals surface area (Å²) in [6.45, 7) is 7.15. The van der Waals surface area contributed by atoms with Gasteiger partial charge in [-0.15, -0.1) is 4.91 Å². The van der Waals surface area contributed by atoms with Crippen LogP contribution in [-0.2, 0) is 11.3 Å². The van der Waals surface area contributed by atoms with Crippen molar-refractivity contribution in [3.63, 3.8) is 0 Å². The normalized spacial score (nSPS) is 12.6. The number of rotatable bonds is 8. The predicted molar refractivity (Wildman–Crippen MR) is 136 cm³/mol. The summed E-state index contributed by atoms with van der Waals surface area (Å²) >= 11 is 6.33. The van der Waals surface area contributed by atoms with Crippen LogP contribution < -0.4 is 27.6 Å².